The molecule has 2 aromatic carbocycles. The predicted molar refractivity (Wildman–Crippen MR) is 112 cm³/mol. The number of piperazine rings is 1. The van der Waals surface area contributed by atoms with Crippen molar-refractivity contribution in [2.75, 3.05) is 45.7 Å². The molecule has 0 bridgehead atoms. The Bertz CT molecular complexity index is 952. The highest BCUT2D eigenvalue weighted by Gasteiger charge is 2.26. The fraction of sp³-hybridized carbons (Fsp3) is 0.318. The molecule has 0 aliphatic carbocycles. The second kappa shape index (κ2) is 9.30. The number of nitrogens with one attached hydrogen (secondary N) is 1. The summed E-state index contributed by atoms with van der Waals surface area (Å²) in [5.41, 5.74) is 1.59. The first kappa shape index (κ1) is 21.2. The number of carbonyl (C=O) groups excluding carboxylic acids is 3. The molecule has 0 atom stereocenters. The van der Waals surface area contributed by atoms with E-state index in [0.29, 0.717) is 54.5 Å². The van der Waals surface area contributed by atoms with Crippen molar-refractivity contribution in [3.8, 4) is 11.5 Å². The minimum atomic E-state index is -0.193. The van der Waals surface area contributed by atoms with Crippen molar-refractivity contribution in [1.29, 1.82) is 0 Å². The molecule has 1 aliphatic rings. The zero-order chi connectivity index (χ0) is 21.7. The molecule has 158 valence electrons. The van der Waals surface area contributed by atoms with Gasteiger partial charge in [0, 0.05) is 49.9 Å². The van der Waals surface area contributed by atoms with Crippen LogP contribution in [0, 0.1) is 0 Å². The molecular weight excluding hydrogens is 386 g/mol. The van der Waals surface area contributed by atoms with Crippen LogP contribution in [0.15, 0.2) is 42.5 Å². The maximum Gasteiger partial charge on any atom is 0.254 e. The van der Waals surface area contributed by atoms with E-state index >= 15 is 0 Å². The number of amides is 3. The van der Waals surface area contributed by atoms with Crippen LogP contribution in [0.25, 0.3) is 0 Å². The fourth-order valence-corrected chi connectivity index (χ4v) is 3.38. The van der Waals surface area contributed by atoms with E-state index in [2.05, 4.69) is 5.32 Å². The van der Waals surface area contributed by atoms with Gasteiger partial charge >= 0.3 is 0 Å². The second-order valence-corrected chi connectivity index (χ2v) is 6.92. The molecule has 0 unspecified atom stereocenters. The van der Waals surface area contributed by atoms with Crippen molar-refractivity contribution >= 4 is 23.4 Å². The molecule has 8 nitrogen and oxygen atoms in total. The molecule has 30 heavy (non-hydrogen) atoms. The van der Waals surface area contributed by atoms with E-state index in [-0.39, 0.29) is 17.7 Å². The summed E-state index contributed by atoms with van der Waals surface area (Å²) in [7, 11) is 3.07. The number of rotatable bonds is 5. The van der Waals surface area contributed by atoms with Crippen LogP contribution in [0.1, 0.15) is 27.6 Å². The van der Waals surface area contributed by atoms with Gasteiger partial charge in [0.05, 0.1) is 14.2 Å². The number of benzene rings is 2. The van der Waals surface area contributed by atoms with Gasteiger partial charge in [-0.05, 0) is 36.4 Å². The second-order valence-electron chi connectivity index (χ2n) is 6.92. The Morgan fingerprint density at radius 2 is 1.37 bits per heavy atom. The van der Waals surface area contributed by atoms with Gasteiger partial charge in [-0.25, -0.2) is 0 Å². The molecule has 8 heteroatoms. The first-order valence-electron chi connectivity index (χ1n) is 9.61. The Labute approximate surface area is 175 Å². The summed E-state index contributed by atoms with van der Waals surface area (Å²) in [6.45, 7) is 3.15. The van der Waals surface area contributed by atoms with Crippen LogP contribution in [-0.2, 0) is 4.79 Å². The van der Waals surface area contributed by atoms with Crippen molar-refractivity contribution in [3.63, 3.8) is 0 Å². The molecule has 1 saturated heterocycles. The Balaban J connectivity index is 1.64. The lowest BCUT2D eigenvalue weighted by molar-refractivity contribution is -0.114. The third-order valence-corrected chi connectivity index (χ3v) is 4.91. The molecule has 1 fully saturated rings. The van der Waals surface area contributed by atoms with Gasteiger partial charge in [-0.3, -0.25) is 14.4 Å². The van der Waals surface area contributed by atoms with Gasteiger partial charge in [0.2, 0.25) is 5.91 Å². The van der Waals surface area contributed by atoms with Gasteiger partial charge in [0.15, 0.2) is 11.5 Å². The normalized spacial score (nSPS) is 13.6. The third kappa shape index (κ3) is 4.71. The van der Waals surface area contributed by atoms with Crippen molar-refractivity contribution < 1.29 is 23.9 Å². The minimum absolute atomic E-state index is 0.115. The number of nitrogens with zero attached hydrogens (tertiary/aromatic N) is 2. The zero-order valence-electron chi connectivity index (χ0n) is 17.3. The molecule has 3 amide bonds. The maximum atomic E-state index is 12.8. The number of anilines is 1. The van der Waals surface area contributed by atoms with Gasteiger partial charge in [-0.2, -0.15) is 0 Å². The number of methoxy groups -OCH3 is 2. The highest BCUT2D eigenvalue weighted by atomic mass is 16.5. The zero-order valence-corrected chi connectivity index (χ0v) is 17.3. The number of hydrogen-bond donors (Lipinski definition) is 1. The average molecular weight is 411 g/mol. The standard InChI is InChI=1S/C22H25N3O5/c1-15(26)23-18-6-4-5-16(13-18)21(27)24-9-11-25(12-10-24)22(28)17-7-8-19(29-2)20(14-17)30-3/h4-8,13-14H,9-12H2,1-3H3,(H,23,26). The lowest BCUT2D eigenvalue weighted by atomic mass is 10.1. The summed E-state index contributed by atoms with van der Waals surface area (Å²) in [6, 6.07) is 11.9. The van der Waals surface area contributed by atoms with Crippen molar-refractivity contribution in [1.82, 2.24) is 9.80 Å². The lowest BCUT2D eigenvalue weighted by Gasteiger charge is -2.35. The summed E-state index contributed by atoms with van der Waals surface area (Å²) in [4.78, 5) is 40.3. The van der Waals surface area contributed by atoms with Crippen molar-refractivity contribution in [2.45, 2.75) is 6.92 Å². The van der Waals surface area contributed by atoms with Crippen LogP contribution in [0.3, 0.4) is 0 Å². The third-order valence-electron chi connectivity index (χ3n) is 4.91. The van der Waals surface area contributed by atoms with Crippen LogP contribution in [0.5, 0.6) is 11.5 Å². The smallest absolute Gasteiger partial charge is 0.254 e. The van der Waals surface area contributed by atoms with Gasteiger partial charge in [0.1, 0.15) is 0 Å². The first-order chi connectivity index (χ1) is 14.4. The van der Waals surface area contributed by atoms with Crippen LogP contribution in [0.2, 0.25) is 0 Å². The quantitative estimate of drug-likeness (QED) is 0.815. The van der Waals surface area contributed by atoms with Gasteiger partial charge in [-0.1, -0.05) is 6.07 Å². The van der Waals surface area contributed by atoms with E-state index in [4.69, 9.17) is 9.47 Å². The molecule has 1 heterocycles. The van der Waals surface area contributed by atoms with E-state index in [1.165, 1.54) is 14.0 Å². The predicted octanol–water partition coefficient (Wildman–Crippen LogP) is 2.26. The first-order valence-corrected chi connectivity index (χ1v) is 9.61. The fourth-order valence-electron chi connectivity index (χ4n) is 3.38. The maximum absolute atomic E-state index is 12.8. The van der Waals surface area contributed by atoms with E-state index in [1.54, 1.807) is 59.4 Å². The van der Waals surface area contributed by atoms with Crippen molar-refractivity contribution in [3.05, 3.63) is 53.6 Å². The van der Waals surface area contributed by atoms with Gasteiger partial charge in [0.25, 0.3) is 11.8 Å². The Kier molecular flexibility index (Phi) is 6.56. The Morgan fingerprint density at radius 1 is 0.800 bits per heavy atom. The molecule has 0 radical (unpaired) electrons. The summed E-state index contributed by atoms with van der Waals surface area (Å²) < 4.78 is 10.5. The molecule has 3 rings (SSSR count). The molecule has 0 saturated carbocycles. The van der Waals surface area contributed by atoms with Crippen LogP contribution < -0.4 is 14.8 Å². The van der Waals surface area contributed by atoms with Crippen LogP contribution >= 0.6 is 0 Å². The summed E-state index contributed by atoms with van der Waals surface area (Å²) in [6.07, 6.45) is 0. The van der Waals surface area contributed by atoms with E-state index in [9.17, 15) is 14.4 Å². The number of ether oxygens (including phenoxy) is 2. The topological polar surface area (TPSA) is 88.2 Å². The highest BCUT2D eigenvalue weighted by molar-refractivity contribution is 5.97. The minimum Gasteiger partial charge on any atom is -0.493 e. The molecule has 0 spiro atoms. The average Bonchev–Trinajstić information content (AvgIpc) is 2.77. The van der Waals surface area contributed by atoms with Gasteiger partial charge in [-0.15, -0.1) is 0 Å². The number of carbonyl (C=O) groups is 3. The van der Waals surface area contributed by atoms with E-state index in [1.807, 2.05) is 0 Å². The Hall–Kier alpha value is -3.55. The molecular formula is C22H25N3O5. The Morgan fingerprint density at radius 3 is 1.90 bits per heavy atom. The lowest BCUT2D eigenvalue weighted by Crippen LogP contribution is -2.50. The SMILES string of the molecule is COc1ccc(C(=O)N2CCN(C(=O)c3cccc(NC(C)=O)c3)CC2)cc1OC. The number of hydrogen-bond acceptors (Lipinski definition) is 5. The highest BCUT2D eigenvalue weighted by Crippen LogP contribution is 2.28. The summed E-state index contributed by atoms with van der Waals surface area (Å²) in [5.74, 6) is 0.625. The van der Waals surface area contributed by atoms with Gasteiger partial charge < -0.3 is 24.6 Å². The molecule has 1 aliphatic heterocycles. The largest absolute Gasteiger partial charge is 0.493 e. The molecule has 2 aromatic rings. The molecule has 0 aromatic heterocycles. The van der Waals surface area contributed by atoms with E-state index in [0.717, 1.165) is 0 Å². The summed E-state index contributed by atoms with van der Waals surface area (Å²) in [5, 5.41) is 2.68. The van der Waals surface area contributed by atoms with Crippen molar-refractivity contribution in [2.24, 2.45) is 0 Å². The summed E-state index contributed by atoms with van der Waals surface area (Å²) >= 11 is 0. The monoisotopic (exact) mass is 411 g/mol. The molecule has 1 N–H and O–H groups in total. The van der Waals surface area contributed by atoms with Crippen LogP contribution in [-0.4, -0.2) is 67.9 Å². The van der Waals surface area contributed by atoms with Crippen LogP contribution in [0.4, 0.5) is 5.69 Å². The van der Waals surface area contributed by atoms with E-state index < -0.39 is 0 Å².